The van der Waals surface area contributed by atoms with Crippen LogP contribution in [0.15, 0.2) is 47.3 Å². The highest BCUT2D eigenvalue weighted by Gasteiger charge is 2.31. The number of benzene rings is 2. The van der Waals surface area contributed by atoms with E-state index < -0.39 is 17.4 Å². The van der Waals surface area contributed by atoms with E-state index in [0.29, 0.717) is 16.2 Å². The van der Waals surface area contributed by atoms with Gasteiger partial charge in [0.1, 0.15) is 0 Å². The third-order valence-electron chi connectivity index (χ3n) is 3.10. The van der Waals surface area contributed by atoms with Crippen LogP contribution in [-0.4, -0.2) is 9.55 Å². The molecule has 0 atom stereocenters. The quantitative estimate of drug-likeness (QED) is 0.725. The van der Waals surface area contributed by atoms with Crippen LogP contribution in [0.4, 0.5) is 13.2 Å². The summed E-state index contributed by atoms with van der Waals surface area (Å²) < 4.78 is 39.3. The number of alkyl halides is 3. The van der Waals surface area contributed by atoms with Gasteiger partial charge in [0.2, 0.25) is 0 Å². The number of hydrogen-bond donors (Lipinski definition) is 1. The number of para-hydroxylation sites is 1. The van der Waals surface area contributed by atoms with Crippen molar-refractivity contribution in [1.82, 2.24) is 9.55 Å². The highest BCUT2D eigenvalue weighted by molar-refractivity contribution is 6.32. The minimum Gasteiger partial charge on any atom is -0.305 e. The van der Waals surface area contributed by atoms with E-state index in [9.17, 15) is 18.0 Å². The Kier molecular flexibility index (Phi) is 3.06. The minimum absolute atomic E-state index is 0.106. The van der Waals surface area contributed by atoms with Crippen LogP contribution >= 0.6 is 11.6 Å². The van der Waals surface area contributed by atoms with Crippen LogP contribution in [0.1, 0.15) is 5.56 Å². The van der Waals surface area contributed by atoms with Crippen LogP contribution in [0.25, 0.3) is 16.7 Å². The molecule has 0 bridgehead atoms. The zero-order chi connectivity index (χ0) is 15.2. The summed E-state index contributed by atoms with van der Waals surface area (Å²) in [5.41, 5.74) is -0.508. The third kappa shape index (κ3) is 2.31. The van der Waals surface area contributed by atoms with Crippen LogP contribution in [-0.2, 0) is 6.18 Å². The molecule has 0 aliphatic heterocycles. The van der Waals surface area contributed by atoms with Crippen molar-refractivity contribution < 1.29 is 13.2 Å². The smallest absolute Gasteiger partial charge is 0.305 e. The van der Waals surface area contributed by atoms with Crippen molar-refractivity contribution in [2.24, 2.45) is 0 Å². The maximum atomic E-state index is 12.7. The Hall–Kier alpha value is -2.21. The molecule has 3 nitrogen and oxygen atoms in total. The maximum Gasteiger partial charge on any atom is 0.416 e. The van der Waals surface area contributed by atoms with Gasteiger partial charge in [-0.3, -0.25) is 4.57 Å². The number of hydrogen-bond acceptors (Lipinski definition) is 1. The molecule has 21 heavy (non-hydrogen) atoms. The molecule has 0 aliphatic carbocycles. The van der Waals surface area contributed by atoms with Crippen molar-refractivity contribution in [3.8, 4) is 5.69 Å². The standard InChI is InChI=1S/C14H8ClF3N2O/c15-9-3-1-2-4-11(9)20-12-6-5-8(14(16,17)18)7-10(12)19-13(20)21/h1-7H,(H,19,21). The number of imidazole rings is 1. The van der Waals surface area contributed by atoms with Gasteiger partial charge >= 0.3 is 11.9 Å². The second-order valence-corrected chi connectivity index (χ2v) is 4.85. The Bertz CT molecular complexity index is 880. The van der Waals surface area contributed by atoms with Gasteiger partial charge in [-0.2, -0.15) is 13.2 Å². The van der Waals surface area contributed by atoms with Gasteiger partial charge in [0.25, 0.3) is 0 Å². The summed E-state index contributed by atoms with van der Waals surface area (Å²) in [5, 5.41) is 0.334. The number of aromatic nitrogens is 2. The van der Waals surface area contributed by atoms with Crippen molar-refractivity contribution >= 4 is 22.6 Å². The zero-order valence-electron chi connectivity index (χ0n) is 10.4. The van der Waals surface area contributed by atoms with Crippen molar-refractivity contribution in [1.29, 1.82) is 0 Å². The molecule has 0 amide bonds. The fourth-order valence-electron chi connectivity index (χ4n) is 2.16. The third-order valence-corrected chi connectivity index (χ3v) is 3.42. The summed E-state index contributed by atoms with van der Waals surface area (Å²) >= 11 is 6.04. The first-order valence-corrected chi connectivity index (χ1v) is 6.32. The Morgan fingerprint density at radius 3 is 2.48 bits per heavy atom. The molecule has 0 saturated heterocycles. The zero-order valence-corrected chi connectivity index (χ0v) is 11.2. The van der Waals surface area contributed by atoms with Crippen molar-refractivity contribution in [3.05, 3.63) is 63.5 Å². The monoisotopic (exact) mass is 312 g/mol. The highest BCUT2D eigenvalue weighted by Crippen LogP contribution is 2.31. The van der Waals surface area contributed by atoms with E-state index in [1.807, 2.05) is 0 Å². The Labute approximate surface area is 121 Å². The van der Waals surface area contributed by atoms with E-state index in [1.54, 1.807) is 24.3 Å². The number of nitrogens with zero attached hydrogens (tertiary/aromatic N) is 1. The van der Waals surface area contributed by atoms with Gasteiger partial charge < -0.3 is 4.98 Å². The predicted octanol–water partition coefficient (Wildman–Crippen LogP) is 3.99. The highest BCUT2D eigenvalue weighted by atomic mass is 35.5. The fourth-order valence-corrected chi connectivity index (χ4v) is 2.38. The van der Waals surface area contributed by atoms with Crippen LogP contribution in [0, 0.1) is 0 Å². The summed E-state index contributed by atoms with van der Waals surface area (Å²) in [4.78, 5) is 14.4. The Balaban J connectivity index is 2.29. The van der Waals surface area contributed by atoms with Crippen LogP contribution < -0.4 is 5.69 Å². The molecule has 0 unspecified atom stereocenters. The lowest BCUT2D eigenvalue weighted by Crippen LogP contribution is -2.14. The Morgan fingerprint density at radius 1 is 1.10 bits per heavy atom. The van der Waals surface area contributed by atoms with Gasteiger partial charge in [-0.1, -0.05) is 23.7 Å². The van der Waals surface area contributed by atoms with E-state index in [4.69, 9.17) is 11.6 Å². The van der Waals surface area contributed by atoms with Gasteiger partial charge in [0.15, 0.2) is 0 Å². The van der Waals surface area contributed by atoms with E-state index in [-0.39, 0.29) is 5.52 Å². The number of rotatable bonds is 1. The molecule has 2 aromatic carbocycles. The normalized spacial score (nSPS) is 12.0. The topological polar surface area (TPSA) is 37.8 Å². The van der Waals surface area contributed by atoms with Crippen LogP contribution in [0.5, 0.6) is 0 Å². The number of fused-ring (bicyclic) bond motifs is 1. The number of halogens is 4. The molecule has 3 aromatic rings. The lowest BCUT2D eigenvalue weighted by Gasteiger charge is -2.08. The lowest BCUT2D eigenvalue weighted by molar-refractivity contribution is -0.137. The molecule has 1 aromatic heterocycles. The summed E-state index contributed by atoms with van der Waals surface area (Å²) in [5.74, 6) is 0. The second-order valence-electron chi connectivity index (χ2n) is 4.45. The molecule has 1 N–H and O–H groups in total. The molecule has 0 fully saturated rings. The number of H-pyrrole nitrogens is 1. The van der Waals surface area contributed by atoms with E-state index in [0.717, 1.165) is 12.1 Å². The molecule has 0 spiro atoms. The van der Waals surface area contributed by atoms with Gasteiger partial charge in [-0.25, -0.2) is 4.79 Å². The molecule has 3 rings (SSSR count). The van der Waals surface area contributed by atoms with Gasteiger partial charge in [-0.05, 0) is 30.3 Å². The molecule has 0 aliphatic rings. The van der Waals surface area contributed by atoms with Crippen LogP contribution in [0.2, 0.25) is 5.02 Å². The fraction of sp³-hybridized carbons (Fsp3) is 0.0714. The summed E-state index contributed by atoms with van der Waals surface area (Å²) in [6.45, 7) is 0. The number of aromatic amines is 1. The predicted molar refractivity (Wildman–Crippen MR) is 73.9 cm³/mol. The summed E-state index contributed by atoms with van der Waals surface area (Å²) in [6, 6.07) is 9.71. The summed E-state index contributed by atoms with van der Waals surface area (Å²) in [7, 11) is 0. The first-order chi connectivity index (χ1) is 9.88. The average Bonchev–Trinajstić information content (AvgIpc) is 2.73. The van der Waals surface area contributed by atoms with Crippen molar-refractivity contribution in [2.75, 3.05) is 0 Å². The minimum atomic E-state index is -4.46. The van der Waals surface area contributed by atoms with Crippen molar-refractivity contribution in [3.63, 3.8) is 0 Å². The molecular weight excluding hydrogens is 305 g/mol. The largest absolute Gasteiger partial charge is 0.416 e. The lowest BCUT2D eigenvalue weighted by atomic mass is 10.2. The van der Waals surface area contributed by atoms with Gasteiger partial charge in [-0.15, -0.1) is 0 Å². The molecular formula is C14H8ClF3N2O. The molecule has 7 heteroatoms. The Morgan fingerprint density at radius 2 is 1.81 bits per heavy atom. The maximum absolute atomic E-state index is 12.7. The molecule has 108 valence electrons. The second kappa shape index (κ2) is 4.66. The van der Waals surface area contributed by atoms with Crippen molar-refractivity contribution in [2.45, 2.75) is 6.18 Å². The molecule has 1 heterocycles. The first-order valence-electron chi connectivity index (χ1n) is 5.95. The van der Waals surface area contributed by atoms with Crippen LogP contribution in [0.3, 0.4) is 0 Å². The first kappa shape index (κ1) is 13.8. The average molecular weight is 313 g/mol. The SMILES string of the molecule is O=c1[nH]c2cc(C(F)(F)F)ccc2n1-c1ccccc1Cl. The van der Waals surface area contributed by atoms with E-state index >= 15 is 0 Å². The molecule has 0 radical (unpaired) electrons. The summed E-state index contributed by atoms with van der Waals surface area (Å²) in [6.07, 6.45) is -4.46. The number of nitrogens with one attached hydrogen (secondary N) is 1. The van der Waals surface area contributed by atoms with Gasteiger partial charge in [0.05, 0.1) is 27.3 Å². The molecule has 0 saturated carbocycles. The van der Waals surface area contributed by atoms with E-state index in [2.05, 4.69) is 4.98 Å². The van der Waals surface area contributed by atoms with E-state index in [1.165, 1.54) is 10.6 Å². The van der Waals surface area contributed by atoms with Gasteiger partial charge in [0, 0.05) is 0 Å².